The summed E-state index contributed by atoms with van der Waals surface area (Å²) in [5.74, 6) is 2.42. The van der Waals surface area contributed by atoms with Crippen molar-refractivity contribution in [2.24, 2.45) is 5.92 Å². The normalized spacial score (nSPS) is 18.1. The minimum atomic E-state index is 0.0449. The van der Waals surface area contributed by atoms with Crippen LogP contribution in [0.15, 0.2) is 58.3 Å². The third kappa shape index (κ3) is 4.71. The molecule has 5 rings (SSSR count). The van der Waals surface area contributed by atoms with Gasteiger partial charge in [-0.3, -0.25) is 9.36 Å². The Balaban J connectivity index is 1.30. The minimum absolute atomic E-state index is 0.0449. The van der Waals surface area contributed by atoms with Gasteiger partial charge in [-0.25, -0.2) is 0 Å². The van der Waals surface area contributed by atoms with Crippen molar-refractivity contribution in [1.82, 2.24) is 20.1 Å². The van der Waals surface area contributed by atoms with E-state index in [0.717, 1.165) is 29.6 Å². The number of hydrogen-bond donors (Lipinski definition) is 1. The van der Waals surface area contributed by atoms with Gasteiger partial charge in [-0.05, 0) is 49.3 Å². The number of carbonyl (C=O) groups excluding carboxylic acids is 1. The number of hydrogen-bond acceptors (Lipinski definition) is 5. The first-order chi connectivity index (χ1) is 15.3. The Labute approximate surface area is 186 Å². The standard InChI is InChI=1S/C24H28N4O2S/c29-21(25-22(18-13-14-18)17-8-3-1-4-9-17)16-31-24-27-26-23(20-12-7-15-30-20)28(24)19-10-5-2-6-11-19/h1,3-4,7-9,12,15,18-19,22H,2,5-6,10-11,13-14,16H2,(H,25,29). The first kappa shape index (κ1) is 20.4. The first-order valence-electron chi connectivity index (χ1n) is 11.3. The lowest BCUT2D eigenvalue weighted by Crippen LogP contribution is -2.31. The molecule has 0 bridgehead atoms. The van der Waals surface area contributed by atoms with E-state index in [4.69, 9.17) is 4.42 Å². The summed E-state index contributed by atoms with van der Waals surface area (Å²) in [6, 6.07) is 14.5. The van der Waals surface area contributed by atoms with Crippen molar-refractivity contribution in [2.45, 2.75) is 62.2 Å². The summed E-state index contributed by atoms with van der Waals surface area (Å²) in [5, 5.41) is 12.9. The number of nitrogens with one attached hydrogen (secondary N) is 1. The van der Waals surface area contributed by atoms with E-state index in [2.05, 4.69) is 32.2 Å². The zero-order valence-corrected chi connectivity index (χ0v) is 18.4. The molecule has 2 aromatic heterocycles. The van der Waals surface area contributed by atoms with Gasteiger partial charge in [0.25, 0.3) is 0 Å². The highest BCUT2D eigenvalue weighted by molar-refractivity contribution is 7.99. The molecule has 0 saturated heterocycles. The third-order valence-electron chi connectivity index (χ3n) is 6.25. The summed E-state index contributed by atoms with van der Waals surface area (Å²) in [5.41, 5.74) is 1.19. The second kappa shape index (κ2) is 9.30. The van der Waals surface area contributed by atoms with Crippen molar-refractivity contribution in [2.75, 3.05) is 5.75 Å². The Hall–Kier alpha value is -2.54. The largest absolute Gasteiger partial charge is 0.461 e. The quantitative estimate of drug-likeness (QED) is 0.479. The molecule has 1 unspecified atom stereocenters. The second-order valence-corrected chi connectivity index (χ2v) is 9.47. The van der Waals surface area contributed by atoms with Crippen molar-refractivity contribution >= 4 is 17.7 Å². The van der Waals surface area contributed by atoms with Crippen molar-refractivity contribution in [3.8, 4) is 11.6 Å². The van der Waals surface area contributed by atoms with Crippen LogP contribution in [0.5, 0.6) is 0 Å². The van der Waals surface area contributed by atoms with Crippen molar-refractivity contribution in [3.63, 3.8) is 0 Å². The zero-order chi connectivity index (χ0) is 21.0. The van der Waals surface area contributed by atoms with Gasteiger partial charge >= 0.3 is 0 Å². The molecule has 3 aromatic rings. The minimum Gasteiger partial charge on any atom is -0.461 e. The molecule has 31 heavy (non-hydrogen) atoms. The SMILES string of the molecule is O=C(CSc1nnc(-c2ccco2)n1C1CCCCC1)NC(c1ccccc1)C1CC1. The molecule has 0 radical (unpaired) electrons. The molecule has 2 saturated carbocycles. The molecule has 7 heteroatoms. The number of rotatable bonds is 8. The highest BCUT2D eigenvalue weighted by atomic mass is 32.2. The van der Waals surface area contributed by atoms with Gasteiger partial charge in [0, 0.05) is 6.04 Å². The van der Waals surface area contributed by atoms with E-state index >= 15 is 0 Å². The third-order valence-corrected chi connectivity index (χ3v) is 7.19. The number of benzene rings is 1. The van der Waals surface area contributed by atoms with Crippen molar-refractivity contribution in [3.05, 3.63) is 54.3 Å². The molecule has 2 aliphatic carbocycles. The van der Waals surface area contributed by atoms with Crippen LogP contribution in [0.25, 0.3) is 11.6 Å². The lowest BCUT2D eigenvalue weighted by atomic mass is 9.95. The Kier molecular flexibility index (Phi) is 6.11. The summed E-state index contributed by atoms with van der Waals surface area (Å²) in [7, 11) is 0. The lowest BCUT2D eigenvalue weighted by molar-refractivity contribution is -0.119. The highest BCUT2D eigenvalue weighted by Gasteiger charge is 2.33. The van der Waals surface area contributed by atoms with Gasteiger partial charge in [0.05, 0.1) is 18.1 Å². The summed E-state index contributed by atoms with van der Waals surface area (Å²) < 4.78 is 7.81. The van der Waals surface area contributed by atoms with Gasteiger partial charge < -0.3 is 9.73 Å². The van der Waals surface area contributed by atoms with Crippen LogP contribution >= 0.6 is 11.8 Å². The number of amides is 1. The number of thioether (sulfide) groups is 1. The zero-order valence-electron chi connectivity index (χ0n) is 17.6. The second-order valence-electron chi connectivity index (χ2n) is 8.53. The molecule has 1 N–H and O–H groups in total. The van der Waals surface area contributed by atoms with E-state index in [1.807, 2.05) is 30.3 Å². The molecule has 1 atom stereocenters. The van der Waals surface area contributed by atoms with Crippen molar-refractivity contribution in [1.29, 1.82) is 0 Å². The molecule has 1 amide bonds. The number of nitrogens with zero attached hydrogens (tertiary/aromatic N) is 3. The maximum Gasteiger partial charge on any atom is 0.230 e. The molecule has 2 heterocycles. The average Bonchev–Trinajstić information content (AvgIpc) is 3.33. The maximum atomic E-state index is 12.8. The Bertz CT molecular complexity index is 992. The van der Waals surface area contributed by atoms with Crippen LogP contribution < -0.4 is 5.32 Å². The van der Waals surface area contributed by atoms with Crippen LogP contribution in [-0.2, 0) is 4.79 Å². The Morgan fingerprint density at radius 1 is 1.06 bits per heavy atom. The molecular formula is C24H28N4O2S. The predicted molar refractivity (Wildman–Crippen MR) is 121 cm³/mol. The molecule has 6 nitrogen and oxygen atoms in total. The molecule has 162 valence electrons. The molecule has 2 aliphatic rings. The molecule has 1 aromatic carbocycles. The van der Waals surface area contributed by atoms with Crippen LogP contribution in [-0.4, -0.2) is 26.4 Å². The van der Waals surface area contributed by atoms with Crippen LogP contribution in [0.4, 0.5) is 0 Å². The molecule has 2 fully saturated rings. The molecule has 0 spiro atoms. The number of carbonyl (C=O) groups is 1. The Morgan fingerprint density at radius 3 is 2.58 bits per heavy atom. The van der Waals surface area contributed by atoms with E-state index in [-0.39, 0.29) is 11.9 Å². The average molecular weight is 437 g/mol. The number of aromatic nitrogens is 3. The highest BCUT2D eigenvalue weighted by Crippen LogP contribution is 2.41. The van der Waals surface area contributed by atoms with Gasteiger partial charge in [0.15, 0.2) is 10.9 Å². The summed E-state index contributed by atoms with van der Waals surface area (Å²) >= 11 is 1.47. The topological polar surface area (TPSA) is 73.0 Å². The first-order valence-corrected chi connectivity index (χ1v) is 12.2. The van der Waals surface area contributed by atoms with Crippen LogP contribution in [0.3, 0.4) is 0 Å². The van der Waals surface area contributed by atoms with Gasteiger partial charge in [-0.1, -0.05) is 61.4 Å². The number of furan rings is 1. The fourth-order valence-electron chi connectivity index (χ4n) is 4.53. The van der Waals surface area contributed by atoms with Crippen LogP contribution in [0.2, 0.25) is 0 Å². The van der Waals surface area contributed by atoms with Crippen LogP contribution in [0, 0.1) is 5.92 Å². The van der Waals surface area contributed by atoms with E-state index in [9.17, 15) is 4.79 Å². The van der Waals surface area contributed by atoms with Gasteiger partial charge in [0.1, 0.15) is 0 Å². The van der Waals surface area contributed by atoms with Crippen molar-refractivity contribution < 1.29 is 9.21 Å². The van der Waals surface area contributed by atoms with Gasteiger partial charge in [-0.15, -0.1) is 10.2 Å². The van der Waals surface area contributed by atoms with E-state index < -0.39 is 0 Å². The van der Waals surface area contributed by atoms with E-state index in [1.54, 1.807) is 6.26 Å². The monoisotopic (exact) mass is 436 g/mol. The van der Waals surface area contributed by atoms with E-state index in [1.165, 1.54) is 49.4 Å². The summed E-state index contributed by atoms with van der Waals surface area (Å²) in [6.07, 6.45) is 9.95. The maximum absolute atomic E-state index is 12.8. The molecule has 0 aliphatic heterocycles. The fraction of sp³-hybridized carbons (Fsp3) is 0.458. The molecular weight excluding hydrogens is 408 g/mol. The van der Waals surface area contributed by atoms with Crippen LogP contribution in [0.1, 0.15) is 62.6 Å². The Morgan fingerprint density at radius 2 is 1.87 bits per heavy atom. The smallest absolute Gasteiger partial charge is 0.230 e. The van der Waals surface area contributed by atoms with E-state index in [0.29, 0.717) is 17.7 Å². The summed E-state index contributed by atoms with van der Waals surface area (Å²) in [6.45, 7) is 0. The predicted octanol–water partition coefficient (Wildman–Crippen LogP) is 5.40. The fourth-order valence-corrected chi connectivity index (χ4v) is 5.34. The summed E-state index contributed by atoms with van der Waals surface area (Å²) in [4.78, 5) is 12.8. The van der Waals surface area contributed by atoms with Gasteiger partial charge in [0.2, 0.25) is 11.7 Å². The lowest BCUT2D eigenvalue weighted by Gasteiger charge is -2.25. The van der Waals surface area contributed by atoms with Gasteiger partial charge in [-0.2, -0.15) is 0 Å².